The number of carboxylic acids is 1. The van der Waals surface area contributed by atoms with E-state index in [1.165, 1.54) is 6.07 Å². The summed E-state index contributed by atoms with van der Waals surface area (Å²) in [4.78, 5) is 23.4. The van der Waals surface area contributed by atoms with Gasteiger partial charge in [-0.1, -0.05) is 0 Å². The molecule has 1 saturated heterocycles. The zero-order valence-electron chi connectivity index (χ0n) is 11.9. The van der Waals surface area contributed by atoms with Gasteiger partial charge in [0, 0.05) is 12.3 Å². The maximum absolute atomic E-state index is 12.2. The van der Waals surface area contributed by atoms with Crippen LogP contribution in [0.4, 0.5) is 5.69 Å². The molecule has 108 valence electrons. The summed E-state index contributed by atoms with van der Waals surface area (Å²) in [5.74, 6) is -1.28. The zero-order valence-corrected chi connectivity index (χ0v) is 11.9. The molecule has 2 unspecified atom stereocenters. The van der Waals surface area contributed by atoms with Crippen molar-refractivity contribution in [3.63, 3.8) is 0 Å². The van der Waals surface area contributed by atoms with E-state index < -0.39 is 5.97 Å². The van der Waals surface area contributed by atoms with Gasteiger partial charge in [0.1, 0.15) is 0 Å². The SMILES string of the molecule is Cc1cc(NC(=O)C2CCOC2C)cc(C(=O)O)c1C. The number of hydrogen-bond donors (Lipinski definition) is 2. The first kappa shape index (κ1) is 14.5. The Kier molecular flexibility index (Phi) is 4.09. The smallest absolute Gasteiger partial charge is 0.336 e. The summed E-state index contributed by atoms with van der Waals surface area (Å²) in [6.45, 7) is 6.06. The van der Waals surface area contributed by atoms with Gasteiger partial charge >= 0.3 is 5.97 Å². The van der Waals surface area contributed by atoms with Gasteiger partial charge in [-0.3, -0.25) is 4.79 Å². The number of amides is 1. The Hall–Kier alpha value is -1.88. The molecule has 0 spiro atoms. The molecule has 5 heteroatoms. The number of aromatic carboxylic acids is 1. The maximum atomic E-state index is 12.2. The molecule has 0 bridgehead atoms. The monoisotopic (exact) mass is 277 g/mol. The molecule has 0 radical (unpaired) electrons. The molecule has 2 atom stereocenters. The van der Waals surface area contributed by atoms with Crippen molar-refractivity contribution in [1.29, 1.82) is 0 Å². The van der Waals surface area contributed by atoms with Crippen LogP contribution in [0.2, 0.25) is 0 Å². The molecule has 1 amide bonds. The molecule has 0 saturated carbocycles. The molecule has 1 aliphatic heterocycles. The van der Waals surface area contributed by atoms with Gasteiger partial charge in [0.05, 0.1) is 17.6 Å². The highest BCUT2D eigenvalue weighted by atomic mass is 16.5. The van der Waals surface area contributed by atoms with Crippen molar-refractivity contribution in [2.75, 3.05) is 11.9 Å². The first-order chi connectivity index (χ1) is 9.40. The minimum absolute atomic E-state index is 0.0968. The van der Waals surface area contributed by atoms with Crippen LogP contribution in [-0.4, -0.2) is 29.7 Å². The van der Waals surface area contributed by atoms with E-state index in [2.05, 4.69) is 5.32 Å². The Labute approximate surface area is 117 Å². The molecule has 1 aromatic carbocycles. The molecule has 0 aliphatic carbocycles. The maximum Gasteiger partial charge on any atom is 0.336 e. The van der Waals surface area contributed by atoms with Crippen molar-refractivity contribution >= 4 is 17.6 Å². The van der Waals surface area contributed by atoms with Gasteiger partial charge in [-0.25, -0.2) is 4.79 Å². The Balaban J connectivity index is 2.21. The fraction of sp³-hybridized carbons (Fsp3) is 0.467. The summed E-state index contributed by atoms with van der Waals surface area (Å²) < 4.78 is 5.37. The van der Waals surface area contributed by atoms with Gasteiger partial charge in [0.15, 0.2) is 0 Å². The third-order valence-electron chi connectivity index (χ3n) is 3.88. The number of carbonyl (C=O) groups excluding carboxylic acids is 1. The van der Waals surface area contributed by atoms with E-state index in [0.29, 0.717) is 24.3 Å². The second kappa shape index (κ2) is 5.63. The zero-order chi connectivity index (χ0) is 14.9. The van der Waals surface area contributed by atoms with Crippen LogP contribution >= 0.6 is 0 Å². The molecular formula is C15H19NO4. The fourth-order valence-corrected chi connectivity index (χ4v) is 2.46. The molecule has 2 N–H and O–H groups in total. The number of anilines is 1. The van der Waals surface area contributed by atoms with Crippen molar-refractivity contribution < 1.29 is 19.4 Å². The van der Waals surface area contributed by atoms with Crippen LogP contribution in [0.3, 0.4) is 0 Å². The lowest BCUT2D eigenvalue weighted by atomic mass is 10.00. The highest BCUT2D eigenvalue weighted by Gasteiger charge is 2.30. The Morgan fingerprint density at radius 3 is 2.60 bits per heavy atom. The third-order valence-corrected chi connectivity index (χ3v) is 3.88. The van der Waals surface area contributed by atoms with Crippen molar-refractivity contribution in [2.24, 2.45) is 5.92 Å². The molecule has 5 nitrogen and oxygen atoms in total. The van der Waals surface area contributed by atoms with Gasteiger partial charge in [-0.15, -0.1) is 0 Å². The molecule has 1 fully saturated rings. The summed E-state index contributed by atoms with van der Waals surface area (Å²) in [6, 6.07) is 3.29. The van der Waals surface area contributed by atoms with E-state index in [4.69, 9.17) is 9.84 Å². The Morgan fingerprint density at radius 2 is 2.05 bits per heavy atom. The molecule has 20 heavy (non-hydrogen) atoms. The number of carboxylic acid groups (broad SMARTS) is 1. The number of carbonyl (C=O) groups is 2. The minimum atomic E-state index is -0.987. The average molecular weight is 277 g/mol. The summed E-state index contributed by atoms with van der Waals surface area (Å²) in [7, 11) is 0. The number of aryl methyl sites for hydroxylation is 1. The Bertz CT molecular complexity index is 553. The molecule has 2 rings (SSSR count). The lowest BCUT2D eigenvalue weighted by Gasteiger charge is -2.15. The fourth-order valence-electron chi connectivity index (χ4n) is 2.46. The van der Waals surface area contributed by atoms with Crippen LogP contribution < -0.4 is 5.32 Å². The molecular weight excluding hydrogens is 258 g/mol. The number of hydrogen-bond acceptors (Lipinski definition) is 3. The second-order valence-corrected chi connectivity index (χ2v) is 5.23. The van der Waals surface area contributed by atoms with E-state index in [1.807, 2.05) is 13.8 Å². The molecule has 1 aliphatic rings. The first-order valence-electron chi connectivity index (χ1n) is 6.67. The summed E-state index contributed by atoms with van der Waals surface area (Å²) in [5, 5.41) is 12.0. The van der Waals surface area contributed by atoms with Gasteiger partial charge in [0.25, 0.3) is 0 Å². The number of nitrogens with one attached hydrogen (secondary N) is 1. The summed E-state index contributed by atoms with van der Waals surface area (Å²) in [6.07, 6.45) is 0.601. The normalized spacial score (nSPS) is 21.8. The quantitative estimate of drug-likeness (QED) is 0.889. The van der Waals surface area contributed by atoms with Gasteiger partial charge in [-0.2, -0.15) is 0 Å². The lowest BCUT2D eigenvalue weighted by molar-refractivity contribution is -0.121. The number of rotatable bonds is 3. The Morgan fingerprint density at radius 1 is 1.35 bits per heavy atom. The van der Waals surface area contributed by atoms with Gasteiger partial charge in [-0.05, 0) is 50.5 Å². The van der Waals surface area contributed by atoms with E-state index in [9.17, 15) is 9.59 Å². The standard InChI is InChI=1S/C15H19NO4/c1-8-6-11(7-13(9(8)2)15(18)19)16-14(17)12-4-5-20-10(12)3/h6-7,10,12H,4-5H2,1-3H3,(H,16,17)(H,18,19). The van der Waals surface area contributed by atoms with Crippen LogP contribution in [0.1, 0.15) is 34.8 Å². The summed E-state index contributed by atoms with van der Waals surface area (Å²) >= 11 is 0. The molecule has 0 aromatic heterocycles. The highest BCUT2D eigenvalue weighted by Crippen LogP contribution is 2.24. The third kappa shape index (κ3) is 2.82. The van der Waals surface area contributed by atoms with Gasteiger partial charge < -0.3 is 15.2 Å². The lowest BCUT2D eigenvalue weighted by Crippen LogP contribution is -2.27. The van der Waals surface area contributed by atoms with E-state index in [1.54, 1.807) is 13.0 Å². The van der Waals surface area contributed by atoms with E-state index in [-0.39, 0.29) is 23.5 Å². The summed E-state index contributed by atoms with van der Waals surface area (Å²) in [5.41, 5.74) is 2.30. The molecule has 1 heterocycles. The largest absolute Gasteiger partial charge is 0.478 e. The predicted octanol–water partition coefficient (Wildman–Crippen LogP) is 2.37. The van der Waals surface area contributed by atoms with Crippen LogP contribution in [0, 0.1) is 19.8 Å². The van der Waals surface area contributed by atoms with Gasteiger partial charge in [0.2, 0.25) is 5.91 Å². The van der Waals surface area contributed by atoms with Crippen molar-refractivity contribution in [3.8, 4) is 0 Å². The number of benzene rings is 1. The second-order valence-electron chi connectivity index (χ2n) is 5.23. The minimum Gasteiger partial charge on any atom is -0.478 e. The predicted molar refractivity (Wildman–Crippen MR) is 75.0 cm³/mol. The van der Waals surface area contributed by atoms with Crippen LogP contribution in [-0.2, 0) is 9.53 Å². The highest BCUT2D eigenvalue weighted by molar-refractivity contribution is 5.96. The van der Waals surface area contributed by atoms with Crippen LogP contribution in [0.25, 0.3) is 0 Å². The van der Waals surface area contributed by atoms with E-state index in [0.717, 1.165) is 5.56 Å². The van der Waals surface area contributed by atoms with Crippen molar-refractivity contribution in [2.45, 2.75) is 33.3 Å². The number of ether oxygens (including phenoxy) is 1. The van der Waals surface area contributed by atoms with E-state index >= 15 is 0 Å². The average Bonchev–Trinajstić information content (AvgIpc) is 2.79. The van der Waals surface area contributed by atoms with Crippen LogP contribution in [0.5, 0.6) is 0 Å². The molecule has 1 aromatic rings. The van der Waals surface area contributed by atoms with Crippen LogP contribution in [0.15, 0.2) is 12.1 Å². The first-order valence-corrected chi connectivity index (χ1v) is 6.67. The topological polar surface area (TPSA) is 75.6 Å². The van der Waals surface area contributed by atoms with Crippen molar-refractivity contribution in [1.82, 2.24) is 0 Å². The van der Waals surface area contributed by atoms with Crippen molar-refractivity contribution in [3.05, 3.63) is 28.8 Å².